The third-order valence-electron chi connectivity index (χ3n) is 4.00. The molecular weight excluding hydrogens is 376 g/mol. The molecule has 0 saturated heterocycles. The van der Waals surface area contributed by atoms with Crippen LogP contribution in [0.25, 0.3) is 22.6 Å². The van der Waals surface area contributed by atoms with Crippen molar-refractivity contribution in [2.45, 2.75) is 13.0 Å². The van der Waals surface area contributed by atoms with Gasteiger partial charge in [-0.1, -0.05) is 39.7 Å². The second-order valence-electron chi connectivity index (χ2n) is 5.53. The van der Waals surface area contributed by atoms with Crippen LogP contribution in [0.3, 0.4) is 0 Å². The molecule has 0 saturated carbocycles. The first-order valence-corrected chi connectivity index (χ1v) is 8.45. The number of aromatic nitrogens is 2. The standard InChI is InChI=1S/C18H12BrClN2O/c19-13-3-1-2-11(9-13)8-12-6-7-22-17(12)21-16-5-4-14(20)10-15(16)18(22)23/h1-5,8-10H,6-7H2. The lowest BCUT2D eigenvalue weighted by atomic mass is 10.1. The molecule has 0 bridgehead atoms. The Bertz CT molecular complexity index is 1020. The van der Waals surface area contributed by atoms with Crippen molar-refractivity contribution in [3.05, 3.63) is 73.7 Å². The summed E-state index contributed by atoms with van der Waals surface area (Å²) >= 11 is 9.48. The SMILES string of the molecule is O=c1c2cc(Cl)ccc2nc2n1CCC2=Cc1cccc(Br)c1. The maximum absolute atomic E-state index is 12.7. The third-order valence-corrected chi connectivity index (χ3v) is 4.73. The zero-order valence-electron chi connectivity index (χ0n) is 12.1. The van der Waals surface area contributed by atoms with Gasteiger partial charge in [0.1, 0.15) is 5.82 Å². The first-order chi connectivity index (χ1) is 11.1. The molecule has 1 aliphatic rings. The predicted molar refractivity (Wildman–Crippen MR) is 97.6 cm³/mol. The second-order valence-corrected chi connectivity index (χ2v) is 6.88. The molecule has 0 fully saturated rings. The monoisotopic (exact) mass is 386 g/mol. The number of hydrogen-bond acceptors (Lipinski definition) is 2. The molecule has 114 valence electrons. The molecule has 0 aliphatic carbocycles. The molecule has 0 amide bonds. The molecule has 0 N–H and O–H groups in total. The number of nitrogens with zero attached hydrogens (tertiary/aromatic N) is 2. The molecular formula is C18H12BrClN2O. The van der Waals surface area contributed by atoms with Crippen molar-refractivity contribution >= 4 is 50.1 Å². The number of allylic oxidation sites excluding steroid dienone is 1. The first kappa shape index (κ1) is 14.7. The lowest BCUT2D eigenvalue weighted by molar-refractivity contribution is 0.725. The summed E-state index contributed by atoms with van der Waals surface area (Å²) < 4.78 is 2.77. The Hall–Kier alpha value is -1.91. The molecule has 0 spiro atoms. The Balaban J connectivity index is 1.90. The Morgan fingerprint density at radius 1 is 1.22 bits per heavy atom. The third kappa shape index (κ3) is 2.62. The van der Waals surface area contributed by atoms with Crippen LogP contribution in [-0.2, 0) is 6.54 Å². The van der Waals surface area contributed by atoms with Gasteiger partial charge in [-0.05, 0) is 54.0 Å². The maximum atomic E-state index is 12.7. The molecule has 0 unspecified atom stereocenters. The molecule has 1 aliphatic heterocycles. The van der Waals surface area contributed by atoms with Crippen molar-refractivity contribution in [3.8, 4) is 0 Å². The summed E-state index contributed by atoms with van der Waals surface area (Å²) in [6.07, 6.45) is 2.90. The van der Waals surface area contributed by atoms with E-state index in [1.807, 2.05) is 18.2 Å². The van der Waals surface area contributed by atoms with E-state index in [1.165, 1.54) is 0 Å². The molecule has 23 heavy (non-hydrogen) atoms. The van der Waals surface area contributed by atoms with Crippen molar-refractivity contribution in [2.75, 3.05) is 0 Å². The lowest BCUT2D eigenvalue weighted by Crippen LogP contribution is -2.20. The van der Waals surface area contributed by atoms with Gasteiger partial charge in [-0.25, -0.2) is 4.98 Å². The highest BCUT2D eigenvalue weighted by Gasteiger charge is 2.20. The van der Waals surface area contributed by atoms with Crippen LogP contribution in [0.2, 0.25) is 5.02 Å². The van der Waals surface area contributed by atoms with Crippen LogP contribution in [0.15, 0.2) is 51.7 Å². The van der Waals surface area contributed by atoms with E-state index >= 15 is 0 Å². The molecule has 2 heterocycles. The molecule has 3 aromatic rings. The molecule has 0 atom stereocenters. The quantitative estimate of drug-likeness (QED) is 0.603. The normalized spacial score (nSPS) is 15.3. The van der Waals surface area contributed by atoms with E-state index < -0.39 is 0 Å². The maximum Gasteiger partial charge on any atom is 0.261 e. The second kappa shape index (κ2) is 5.62. The van der Waals surface area contributed by atoms with E-state index in [-0.39, 0.29) is 5.56 Å². The minimum absolute atomic E-state index is 0.0230. The van der Waals surface area contributed by atoms with Gasteiger partial charge in [-0.3, -0.25) is 9.36 Å². The van der Waals surface area contributed by atoms with Gasteiger partial charge < -0.3 is 0 Å². The fraction of sp³-hybridized carbons (Fsp3) is 0.111. The van der Waals surface area contributed by atoms with E-state index in [0.29, 0.717) is 22.5 Å². The van der Waals surface area contributed by atoms with E-state index in [0.717, 1.165) is 27.9 Å². The summed E-state index contributed by atoms with van der Waals surface area (Å²) in [5.74, 6) is 0.754. The number of halogens is 2. The van der Waals surface area contributed by atoms with Crippen LogP contribution < -0.4 is 5.56 Å². The molecule has 2 aromatic carbocycles. The molecule has 0 radical (unpaired) electrons. The smallest absolute Gasteiger partial charge is 0.261 e. The summed E-state index contributed by atoms with van der Waals surface area (Å²) in [5.41, 5.74) is 2.84. The summed E-state index contributed by atoms with van der Waals surface area (Å²) in [6, 6.07) is 13.3. The van der Waals surface area contributed by atoms with Gasteiger partial charge in [0, 0.05) is 16.0 Å². The Kier molecular flexibility index (Phi) is 3.58. The highest BCUT2D eigenvalue weighted by atomic mass is 79.9. The van der Waals surface area contributed by atoms with Crippen LogP contribution in [0, 0.1) is 0 Å². The predicted octanol–water partition coefficient (Wildman–Crippen LogP) is 4.76. The van der Waals surface area contributed by atoms with Crippen LogP contribution >= 0.6 is 27.5 Å². The summed E-state index contributed by atoms with van der Waals surface area (Å²) in [7, 11) is 0. The van der Waals surface area contributed by atoms with Crippen LogP contribution in [0.1, 0.15) is 17.8 Å². The zero-order chi connectivity index (χ0) is 16.0. The highest BCUT2D eigenvalue weighted by Crippen LogP contribution is 2.28. The Labute approximate surface area is 146 Å². The largest absolute Gasteiger partial charge is 0.292 e. The van der Waals surface area contributed by atoms with Crippen molar-refractivity contribution in [1.29, 1.82) is 0 Å². The minimum atomic E-state index is -0.0230. The number of rotatable bonds is 1. The van der Waals surface area contributed by atoms with Crippen LogP contribution in [0.4, 0.5) is 0 Å². The van der Waals surface area contributed by atoms with Gasteiger partial charge >= 0.3 is 0 Å². The topological polar surface area (TPSA) is 34.9 Å². The van der Waals surface area contributed by atoms with Crippen molar-refractivity contribution < 1.29 is 0 Å². The van der Waals surface area contributed by atoms with Gasteiger partial charge in [-0.15, -0.1) is 0 Å². The molecule has 4 rings (SSSR count). The summed E-state index contributed by atoms with van der Waals surface area (Å²) in [5, 5.41) is 1.13. The van der Waals surface area contributed by atoms with Gasteiger partial charge in [-0.2, -0.15) is 0 Å². The molecule has 1 aromatic heterocycles. The molecule has 3 nitrogen and oxygen atoms in total. The van der Waals surface area contributed by atoms with Crippen molar-refractivity contribution in [3.63, 3.8) is 0 Å². The van der Waals surface area contributed by atoms with Crippen LogP contribution in [0.5, 0.6) is 0 Å². The number of fused-ring (bicyclic) bond motifs is 2. The van der Waals surface area contributed by atoms with E-state index in [4.69, 9.17) is 11.6 Å². The Morgan fingerprint density at radius 3 is 2.91 bits per heavy atom. The van der Waals surface area contributed by atoms with Gasteiger partial charge in [0.25, 0.3) is 5.56 Å². The first-order valence-electron chi connectivity index (χ1n) is 7.28. The van der Waals surface area contributed by atoms with Gasteiger partial charge in [0.05, 0.1) is 10.9 Å². The van der Waals surface area contributed by atoms with E-state index in [9.17, 15) is 4.79 Å². The average Bonchev–Trinajstić information content (AvgIpc) is 2.92. The van der Waals surface area contributed by atoms with Crippen molar-refractivity contribution in [1.82, 2.24) is 9.55 Å². The number of hydrogen-bond donors (Lipinski definition) is 0. The molecule has 5 heteroatoms. The summed E-state index contributed by atoms with van der Waals surface area (Å²) in [4.78, 5) is 17.3. The average molecular weight is 388 g/mol. The highest BCUT2D eigenvalue weighted by molar-refractivity contribution is 9.10. The van der Waals surface area contributed by atoms with Gasteiger partial charge in [0.15, 0.2) is 0 Å². The fourth-order valence-electron chi connectivity index (χ4n) is 2.92. The fourth-order valence-corrected chi connectivity index (χ4v) is 3.51. The summed E-state index contributed by atoms with van der Waals surface area (Å²) in [6.45, 7) is 0.656. The lowest BCUT2D eigenvalue weighted by Gasteiger charge is -2.06. The van der Waals surface area contributed by atoms with Crippen molar-refractivity contribution in [2.24, 2.45) is 0 Å². The minimum Gasteiger partial charge on any atom is -0.292 e. The van der Waals surface area contributed by atoms with E-state index in [1.54, 1.807) is 22.8 Å². The zero-order valence-corrected chi connectivity index (χ0v) is 14.4. The number of benzene rings is 2. The Morgan fingerprint density at radius 2 is 2.09 bits per heavy atom. The van der Waals surface area contributed by atoms with E-state index in [2.05, 4.69) is 33.1 Å². The van der Waals surface area contributed by atoms with Crippen LogP contribution in [-0.4, -0.2) is 9.55 Å². The van der Waals surface area contributed by atoms with Gasteiger partial charge in [0.2, 0.25) is 0 Å².